The maximum absolute atomic E-state index is 13.2. The highest BCUT2D eigenvalue weighted by molar-refractivity contribution is 6.05. The molecule has 0 fully saturated rings. The van der Waals surface area contributed by atoms with Gasteiger partial charge in [0.25, 0.3) is 0 Å². The number of carbonyl (C=O) groups excluding carboxylic acids is 1. The van der Waals surface area contributed by atoms with E-state index in [9.17, 15) is 9.59 Å². The van der Waals surface area contributed by atoms with Crippen LogP contribution in [-0.2, 0) is 9.59 Å². The van der Waals surface area contributed by atoms with Crippen molar-refractivity contribution >= 4 is 35.2 Å². The van der Waals surface area contributed by atoms with E-state index >= 15 is 0 Å². The molecule has 7 heteroatoms. The zero-order valence-electron chi connectivity index (χ0n) is 20.0. The zero-order chi connectivity index (χ0) is 25.5. The SMILES string of the molecule is Cc1ccc(C(N)=C(C=Nc2ccccc2)C2CC(c3ccccc3)=NN2C(=O)CCC(=O)O)cc1. The number of rotatable bonds is 8. The Morgan fingerprint density at radius 2 is 1.64 bits per heavy atom. The third-order valence-corrected chi connectivity index (χ3v) is 5.97. The number of hydrazone groups is 1. The van der Waals surface area contributed by atoms with Crippen LogP contribution in [0.1, 0.15) is 36.0 Å². The lowest BCUT2D eigenvalue weighted by molar-refractivity contribution is -0.141. The molecule has 7 nitrogen and oxygen atoms in total. The van der Waals surface area contributed by atoms with E-state index in [1.807, 2.05) is 91.9 Å². The summed E-state index contributed by atoms with van der Waals surface area (Å²) < 4.78 is 0. The molecule has 3 N–H and O–H groups in total. The lowest BCUT2D eigenvalue weighted by Gasteiger charge is -2.24. The number of carboxylic acid groups (broad SMARTS) is 1. The van der Waals surface area contributed by atoms with Crippen LogP contribution in [0.15, 0.2) is 101 Å². The van der Waals surface area contributed by atoms with Gasteiger partial charge in [-0.15, -0.1) is 0 Å². The topological polar surface area (TPSA) is 108 Å². The molecular formula is C29H28N4O3. The van der Waals surface area contributed by atoms with Crippen molar-refractivity contribution in [3.63, 3.8) is 0 Å². The Labute approximate surface area is 210 Å². The highest BCUT2D eigenvalue weighted by Gasteiger charge is 2.35. The first-order valence-corrected chi connectivity index (χ1v) is 11.7. The maximum atomic E-state index is 13.2. The number of hydrogen-bond acceptors (Lipinski definition) is 5. The van der Waals surface area contributed by atoms with E-state index in [0.29, 0.717) is 17.7 Å². The second-order valence-corrected chi connectivity index (χ2v) is 8.59. The Morgan fingerprint density at radius 3 is 2.28 bits per heavy atom. The molecule has 0 bridgehead atoms. The molecule has 1 amide bonds. The van der Waals surface area contributed by atoms with Crippen LogP contribution in [0.2, 0.25) is 0 Å². The van der Waals surface area contributed by atoms with Crippen molar-refractivity contribution in [2.75, 3.05) is 0 Å². The highest BCUT2D eigenvalue weighted by atomic mass is 16.4. The van der Waals surface area contributed by atoms with Gasteiger partial charge < -0.3 is 10.8 Å². The first-order valence-electron chi connectivity index (χ1n) is 11.7. The number of carboxylic acids is 1. The number of hydrogen-bond donors (Lipinski definition) is 2. The fourth-order valence-electron chi connectivity index (χ4n) is 4.01. The van der Waals surface area contributed by atoms with Gasteiger partial charge in [0.15, 0.2) is 0 Å². The van der Waals surface area contributed by atoms with Gasteiger partial charge in [-0.3, -0.25) is 14.6 Å². The molecule has 1 unspecified atom stereocenters. The van der Waals surface area contributed by atoms with Crippen LogP contribution < -0.4 is 5.73 Å². The number of amides is 1. The summed E-state index contributed by atoms with van der Waals surface area (Å²) in [5.41, 5.74) is 12.1. The number of para-hydroxylation sites is 1. The van der Waals surface area contributed by atoms with E-state index in [-0.39, 0.29) is 18.7 Å². The minimum atomic E-state index is -1.04. The van der Waals surface area contributed by atoms with Gasteiger partial charge in [-0.25, -0.2) is 5.01 Å². The summed E-state index contributed by atoms with van der Waals surface area (Å²) in [4.78, 5) is 28.9. The monoisotopic (exact) mass is 480 g/mol. The summed E-state index contributed by atoms with van der Waals surface area (Å²) in [5, 5.41) is 15.1. The normalized spacial score (nSPS) is 16.1. The molecule has 3 aromatic rings. The summed E-state index contributed by atoms with van der Waals surface area (Å²) >= 11 is 0. The maximum Gasteiger partial charge on any atom is 0.303 e. The van der Waals surface area contributed by atoms with Crippen LogP contribution in [0.5, 0.6) is 0 Å². The standard InChI is InChI=1S/C29H28N4O3/c1-20-12-14-22(15-13-20)29(30)24(19-31-23-10-6-3-7-11-23)26-18-25(21-8-4-2-5-9-21)32-33(26)27(34)16-17-28(35)36/h2-15,19,26H,16-18,30H2,1H3,(H,35,36). The molecule has 1 heterocycles. The third kappa shape index (κ3) is 5.93. The lowest BCUT2D eigenvalue weighted by Crippen LogP contribution is -2.36. The molecule has 0 saturated heterocycles. The molecule has 1 aliphatic rings. The fraction of sp³-hybridized carbons (Fsp3) is 0.172. The molecule has 182 valence electrons. The average molecular weight is 481 g/mol. The molecule has 3 aromatic carbocycles. The molecule has 1 atom stereocenters. The van der Waals surface area contributed by atoms with Gasteiger partial charge in [0.1, 0.15) is 0 Å². The zero-order valence-corrected chi connectivity index (χ0v) is 20.0. The molecule has 4 rings (SSSR count). The first kappa shape index (κ1) is 24.6. The Kier molecular flexibility index (Phi) is 7.70. The number of aryl methyl sites for hydroxylation is 1. The Bertz CT molecular complexity index is 1310. The minimum Gasteiger partial charge on any atom is -0.481 e. The second-order valence-electron chi connectivity index (χ2n) is 8.59. The van der Waals surface area contributed by atoms with Crippen LogP contribution in [0, 0.1) is 6.92 Å². The molecule has 0 radical (unpaired) electrons. The van der Waals surface area contributed by atoms with E-state index in [0.717, 1.165) is 28.1 Å². The summed E-state index contributed by atoms with van der Waals surface area (Å²) in [7, 11) is 0. The smallest absolute Gasteiger partial charge is 0.303 e. The van der Waals surface area contributed by atoms with Crippen LogP contribution in [0.3, 0.4) is 0 Å². The second kappa shape index (κ2) is 11.3. The molecular weight excluding hydrogens is 452 g/mol. The highest BCUT2D eigenvalue weighted by Crippen LogP contribution is 2.29. The van der Waals surface area contributed by atoms with Gasteiger partial charge in [-0.1, -0.05) is 78.4 Å². The van der Waals surface area contributed by atoms with Gasteiger partial charge in [0.05, 0.1) is 23.9 Å². The van der Waals surface area contributed by atoms with E-state index in [2.05, 4.69) is 10.1 Å². The summed E-state index contributed by atoms with van der Waals surface area (Å²) in [5.74, 6) is -1.41. The molecule has 0 spiro atoms. The van der Waals surface area contributed by atoms with Gasteiger partial charge >= 0.3 is 5.97 Å². The predicted molar refractivity (Wildman–Crippen MR) is 142 cm³/mol. The Hall–Kier alpha value is -4.52. The average Bonchev–Trinajstić information content (AvgIpc) is 3.34. The third-order valence-electron chi connectivity index (χ3n) is 5.97. The van der Waals surface area contributed by atoms with Crippen molar-refractivity contribution in [3.05, 3.63) is 107 Å². The van der Waals surface area contributed by atoms with Gasteiger partial charge in [-0.2, -0.15) is 5.10 Å². The summed E-state index contributed by atoms with van der Waals surface area (Å²) in [6, 6.07) is 26.4. The lowest BCUT2D eigenvalue weighted by atomic mass is 9.95. The van der Waals surface area contributed by atoms with E-state index in [1.165, 1.54) is 5.01 Å². The first-order chi connectivity index (χ1) is 17.4. The van der Waals surface area contributed by atoms with E-state index in [1.54, 1.807) is 6.21 Å². The van der Waals surface area contributed by atoms with Crippen LogP contribution in [0.4, 0.5) is 5.69 Å². The van der Waals surface area contributed by atoms with Crippen molar-refractivity contribution in [3.8, 4) is 0 Å². The van der Waals surface area contributed by atoms with Crippen molar-refractivity contribution in [2.24, 2.45) is 15.8 Å². The molecule has 0 aliphatic carbocycles. The predicted octanol–water partition coefficient (Wildman–Crippen LogP) is 4.94. The molecule has 1 aliphatic heterocycles. The quantitative estimate of drug-likeness (QED) is 0.445. The minimum absolute atomic E-state index is 0.162. The van der Waals surface area contributed by atoms with Crippen molar-refractivity contribution in [1.82, 2.24) is 5.01 Å². The van der Waals surface area contributed by atoms with Gasteiger partial charge in [0, 0.05) is 30.3 Å². The Balaban J connectivity index is 1.78. The van der Waals surface area contributed by atoms with Crippen molar-refractivity contribution in [1.29, 1.82) is 0 Å². The van der Waals surface area contributed by atoms with Gasteiger partial charge in [0.2, 0.25) is 5.91 Å². The number of aliphatic imine (C=N–C) groups is 1. The largest absolute Gasteiger partial charge is 0.481 e. The summed E-state index contributed by atoms with van der Waals surface area (Å²) in [6.45, 7) is 2.00. The number of carbonyl (C=O) groups is 2. The molecule has 36 heavy (non-hydrogen) atoms. The molecule has 0 aromatic heterocycles. The Morgan fingerprint density at radius 1 is 1.00 bits per heavy atom. The van der Waals surface area contributed by atoms with E-state index in [4.69, 9.17) is 10.8 Å². The van der Waals surface area contributed by atoms with Crippen LogP contribution in [0.25, 0.3) is 5.70 Å². The van der Waals surface area contributed by atoms with Crippen LogP contribution >= 0.6 is 0 Å². The molecule has 0 saturated carbocycles. The van der Waals surface area contributed by atoms with Gasteiger partial charge in [-0.05, 0) is 30.2 Å². The summed E-state index contributed by atoms with van der Waals surface area (Å²) in [6.07, 6.45) is 1.68. The van der Waals surface area contributed by atoms with Crippen LogP contribution in [-0.4, -0.2) is 40.0 Å². The fourth-order valence-corrected chi connectivity index (χ4v) is 4.01. The number of benzene rings is 3. The number of aliphatic carboxylic acids is 1. The number of nitrogens with two attached hydrogens (primary N) is 1. The van der Waals surface area contributed by atoms with Crippen molar-refractivity contribution < 1.29 is 14.7 Å². The van der Waals surface area contributed by atoms with E-state index < -0.39 is 12.0 Å². The van der Waals surface area contributed by atoms with Crippen molar-refractivity contribution in [2.45, 2.75) is 32.2 Å². The number of nitrogens with zero attached hydrogens (tertiary/aromatic N) is 3.